The van der Waals surface area contributed by atoms with Crippen LogP contribution in [0.2, 0.25) is 0 Å². The predicted octanol–water partition coefficient (Wildman–Crippen LogP) is 3.11. The van der Waals surface area contributed by atoms with Crippen molar-refractivity contribution in [3.8, 4) is 11.5 Å². The SMILES string of the molecule is Cc1cc(NC(=O)C2CCC(=O)N2Cc2ccc3c(c2)OCO3)cc2c1N(C)C(=O)C2(C)C. The van der Waals surface area contributed by atoms with Gasteiger partial charge in [-0.05, 0) is 68.1 Å². The second-order valence-corrected chi connectivity index (χ2v) is 9.43. The van der Waals surface area contributed by atoms with Crippen molar-refractivity contribution >= 4 is 29.1 Å². The maximum absolute atomic E-state index is 13.2. The number of fused-ring (bicyclic) bond motifs is 2. The highest BCUT2D eigenvalue weighted by Crippen LogP contribution is 2.44. The van der Waals surface area contributed by atoms with Gasteiger partial charge >= 0.3 is 0 Å². The average molecular weight is 450 g/mol. The highest BCUT2D eigenvalue weighted by molar-refractivity contribution is 6.09. The Morgan fingerprint density at radius 2 is 1.91 bits per heavy atom. The Morgan fingerprint density at radius 3 is 2.70 bits per heavy atom. The van der Waals surface area contributed by atoms with Crippen molar-refractivity contribution in [1.82, 2.24) is 4.90 Å². The van der Waals surface area contributed by atoms with Crippen molar-refractivity contribution in [1.29, 1.82) is 0 Å². The molecule has 172 valence electrons. The lowest BCUT2D eigenvalue weighted by Gasteiger charge is -2.25. The standard InChI is InChI=1S/C25H27N3O5/c1-14-9-16(11-17-22(14)27(4)24(31)25(17,2)3)26-23(30)18-6-8-21(29)28(18)12-15-5-7-19-20(10-15)33-13-32-19/h5,7,9-11,18H,6,8,12-13H2,1-4H3,(H,26,30). The van der Waals surface area contributed by atoms with Gasteiger partial charge < -0.3 is 24.6 Å². The summed E-state index contributed by atoms with van der Waals surface area (Å²) in [6, 6.07) is 8.74. The van der Waals surface area contributed by atoms with Crippen LogP contribution in [0.25, 0.3) is 0 Å². The van der Waals surface area contributed by atoms with Crippen molar-refractivity contribution in [3.05, 3.63) is 47.0 Å². The molecule has 0 spiro atoms. The summed E-state index contributed by atoms with van der Waals surface area (Å²) < 4.78 is 10.8. The minimum atomic E-state index is -0.662. The van der Waals surface area contributed by atoms with Crippen molar-refractivity contribution in [3.63, 3.8) is 0 Å². The molecule has 8 nitrogen and oxygen atoms in total. The van der Waals surface area contributed by atoms with E-state index in [1.807, 2.05) is 51.1 Å². The van der Waals surface area contributed by atoms with Crippen LogP contribution in [0.5, 0.6) is 11.5 Å². The van der Waals surface area contributed by atoms with Crippen LogP contribution in [0.3, 0.4) is 0 Å². The van der Waals surface area contributed by atoms with Crippen LogP contribution in [0, 0.1) is 6.92 Å². The van der Waals surface area contributed by atoms with E-state index in [9.17, 15) is 14.4 Å². The number of ether oxygens (including phenoxy) is 2. The molecule has 1 atom stereocenters. The number of benzene rings is 2. The summed E-state index contributed by atoms with van der Waals surface area (Å²) in [5.41, 5.74) is 3.56. The van der Waals surface area contributed by atoms with Crippen LogP contribution < -0.4 is 19.7 Å². The Labute approximate surface area is 192 Å². The number of nitrogens with one attached hydrogen (secondary N) is 1. The van der Waals surface area contributed by atoms with Gasteiger partial charge in [0.1, 0.15) is 6.04 Å². The molecule has 1 unspecified atom stereocenters. The number of likely N-dealkylation sites (N-methyl/N-ethyl adjacent to an activating group) is 1. The van der Waals surface area contributed by atoms with E-state index in [2.05, 4.69) is 5.32 Å². The number of hydrogen-bond donors (Lipinski definition) is 1. The Morgan fingerprint density at radius 1 is 1.15 bits per heavy atom. The van der Waals surface area contributed by atoms with E-state index in [0.29, 0.717) is 36.6 Å². The smallest absolute Gasteiger partial charge is 0.247 e. The van der Waals surface area contributed by atoms with E-state index in [0.717, 1.165) is 22.4 Å². The molecule has 1 fully saturated rings. The van der Waals surface area contributed by atoms with Crippen molar-refractivity contribution in [2.45, 2.75) is 51.6 Å². The summed E-state index contributed by atoms with van der Waals surface area (Å²) in [5.74, 6) is 1.08. The molecule has 2 aromatic carbocycles. The zero-order valence-corrected chi connectivity index (χ0v) is 19.2. The molecule has 0 bridgehead atoms. The first kappa shape index (κ1) is 21.3. The molecule has 0 aliphatic carbocycles. The largest absolute Gasteiger partial charge is 0.454 e. The third-order valence-electron chi connectivity index (χ3n) is 6.84. The van der Waals surface area contributed by atoms with Gasteiger partial charge in [-0.3, -0.25) is 14.4 Å². The summed E-state index contributed by atoms with van der Waals surface area (Å²) >= 11 is 0. The van der Waals surface area contributed by atoms with E-state index >= 15 is 0 Å². The van der Waals surface area contributed by atoms with E-state index in [4.69, 9.17) is 9.47 Å². The van der Waals surface area contributed by atoms with Gasteiger partial charge in [0.05, 0.1) is 11.1 Å². The lowest BCUT2D eigenvalue weighted by molar-refractivity contribution is -0.133. The fourth-order valence-corrected chi connectivity index (χ4v) is 5.08. The molecule has 33 heavy (non-hydrogen) atoms. The first-order chi connectivity index (χ1) is 15.7. The molecule has 8 heteroatoms. The maximum atomic E-state index is 13.2. The van der Waals surface area contributed by atoms with E-state index in [1.54, 1.807) is 16.8 Å². The van der Waals surface area contributed by atoms with Gasteiger partial charge in [0.25, 0.3) is 0 Å². The summed E-state index contributed by atoms with van der Waals surface area (Å²) in [7, 11) is 1.78. The molecule has 0 aromatic heterocycles. The Kier molecular flexibility index (Phi) is 4.84. The van der Waals surface area contributed by atoms with Gasteiger partial charge in [-0.2, -0.15) is 0 Å². The quantitative estimate of drug-likeness (QED) is 0.775. The van der Waals surface area contributed by atoms with E-state index in [-0.39, 0.29) is 24.5 Å². The summed E-state index contributed by atoms with van der Waals surface area (Å²) in [5, 5.41) is 2.99. The van der Waals surface area contributed by atoms with Gasteiger partial charge in [0, 0.05) is 25.7 Å². The average Bonchev–Trinajstić information content (AvgIpc) is 3.42. The Hall–Kier alpha value is -3.55. The molecule has 3 aliphatic heterocycles. The topological polar surface area (TPSA) is 88.2 Å². The zero-order valence-electron chi connectivity index (χ0n) is 19.2. The van der Waals surface area contributed by atoms with Crippen molar-refractivity contribution in [2.24, 2.45) is 0 Å². The van der Waals surface area contributed by atoms with Gasteiger partial charge in [-0.15, -0.1) is 0 Å². The molecule has 3 aliphatic rings. The fourth-order valence-electron chi connectivity index (χ4n) is 5.08. The molecule has 3 amide bonds. The van der Waals surface area contributed by atoms with Gasteiger partial charge in [0.2, 0.25) is 24.5 Å². The van der Waals surface area contributed by atoms with Crippen molar-refractivity contribution < 1.29 is 23.9 Å². The highest BCUT2D eigenvalue weighted by Gasteiger charge is 2.43. The van der Waals surface area contributed by atoms with Crippen LogP contribution >= 0.6 is 0 Å². The number of hydrogen-bond acceptors (Lipinski definition) is 5. The number of anilines is 2. The van der Waals surface area contributed by atoms with Gasteiger partial charge in [-0.25, -0.2) is 0 Å². The molecular formula is C25H27N3O5. The van der Waals surface area contributed by atoms with Crippen LogP contribution in [0.4, 0.5) is 11.4 Å². The second-order valence-electron chi connectivity index (χ2n) is 9.43. The molecule has 2 aromatic rings. The van der Waals surface area contributed by atoms with Gasteiger partial charge in [0.15, 0.2) is 11.5 Å². The lowest BCUT2D eigenvalue weighted by Crippen LogP contribution is -2.41. The predicted molar refractivity (Wildman–Crippen MR) is 122 cm³/mol. The number of rotatable bonds is 4. The number of likely N-dealkylation sites (tertiary alicyclic amines) is 1. The molecule has 5 rings (SSSR count). The van der Waals surface area contributed by atoms with Crippen LogP contribution in [0.15, 0.2) is 30.3 Å². The first-order valence-electron chi connectivity index (χ1n) is 11.1. The number of carbonyl (C=O) groups excluding carboxylic acids is 3. The molecule has 0 radical (unpaired) electrons. The van der Waals surface area contributed by atoms with Crippen molar-refractivity contribution in [2.75, 3.05) is 24.1 Å². The lowest BCUT2D eigenvalue weighted by atomic mass is 9.85. The minimum absolute atomic E-state index is 0.0281. The summed E-state index contributed by atoms with van der Waals surface area (Å²) in [4.78, 5) is 41.8. The number of aryl methyl sites for hydroxylation is 1. The fraction of sp³-hybridized carbons (Fsp3) is 0.400. The molecule has 0 saturated carbocycles. The monoisotopic (exact) mass is 449 g/mol. The van der Waals surface area contributed by atoms with Crippen LogP contribution in [0.1, 0.15) is 43.4 Å². The second kappa shape index (κ2) is 7.50. The van der Waals surface area contributed by atoms with E-state index in [1.165, 1.54) is 0 Å². The number of amides is 3. The minimum Gasteiger partial charge on any atom is -0.454 e. The third kappa shape index (κ3) is 3.41. The molecule has 1 N–H and O–H groups in total. The molecule has 1 saturated heterocycles. The normalized spacial score (nSPS) is 20.4. The summed E-state index contributed by atoms with van der Waals surface area (Å²) in [6.45, 7) is 6.23. The van der Waals surface area contributed by atoms with Crippen LogP contribution in [-0.4, -0.2) is 42.5 Å². The maximum Gasteiger partial charge on any atom is 0.247 e. The molecular weight excluding hydrogens is 422 g/mol. The first-order valence-corrected chi connectivity index (χ1v) is 11.1. The molecule has 3 heterocycles. The summed E-state index contributed by atoms with van der Waals surface area (Å²) in [6.07, 6.45) is 0.796. The number of nitrogens with zero attached hydrogens (tertiary/aromatic N) is 2. The Balaban J connectivity index is 1.36. The van der Waals surface area contributed by atoms with Gasteiger partial charge in [-0.1, -0.05) is 6.07 Å². The number of carbonyl (C=O) groups is 3. The highest BCUT2D eigenvalue weighted by atomic mass is 16.7. The van der Waals surface area contributed by atoms with E-state index < -0.39 is 11.5 Å². The van der Waals surface area contributed by atoms with Crippen LogP contribution in [-0.2, 0) is 26.3 Å². The Bertz CT molecular complexity index is 1190. The third-order valence-corrected chi connectivity index (χ3v) is 6.84. The zero-order chi connectivity index (χ0) is 23.5.